The Morgan fingerprint density at radius 1 is 0.935 bits per heavy atom. The number of anilines is 1. The van der Waals surface area contributed by atoms with E-state index >= 15 is 0 Å². The molecular formula is C24H18Cl2N4O. The fraction of sp³-hybridized carbons (Fsp3) is 0.125. The van der Waals surface area contributed by atoms with Gasteiger partial charge >= 0.3 is 0 Å². The second-order valence-corrected chi connectivity index (χ2v) is 8.16. The number of aromatic nitrogens is 2. The van der Waals surface area contributed by atoms with Crippen LogP contribution in [0.1, 0.15) is 24.1 Å². The van der Waals surface area contributed by atoms with E-state index in [0.29, 0.717) is 28.6 Å². The number of pyridine rings is 1. The first-order chi connectivity index (χ1) is 15.0. The van der Waals surface area contributed by atoms with E-state index in [0.717, 1.165) is 33.9 Å². The van der Waals surface area contributed by atoms with Crippen molar-refractivity contribution in [3.63, 3.8) is 0 Å². The van der Waals surface area contributed by atoms with E-state index in [4.69, 9.17) is 33.3 Å². The van der Waals surface area contributed by atoms with E-state index in [2.05, 4.69) is 0 Å². The molecule has 5 nitrogen and oxygen atoms in total. The zero-order valence-electron chi connectivity index (χ0n) is 16.7. The normalized spacial score (nSPS) is 14.2. The summed E-state index contributed by atoms with van der Waals surface area (Å²) in [4.78, 5) is 17.6. The molecule has 0 N–H and O–H groups in total. The predicted molar refractivity (Wildman–Crippen MR) is 125 cm³/mol. The van der Waals surface area contributed by atoms with E-state index in [1.807, 2.05) is 72.1 Å². The third-order valence-electron chi connectivity index (χ3n) is 5.39. The van der Waals surface area contributed by atoms with Gasteiger partial charge in [0.1, 0.15) is 11.3 Å². The Kier molecular flexibility index (Phi) is 5.00. The standard InChI is InChI=1S/C24H18Cl2N4O/c1-15-7-2-3-10-19(15)30-21(31)13-12-18(28-30)24-23(16-8-6-9-17(25)22(16)26)27-20-11-4-5-14-29(20)24/h2-11,14H,12-13H2,1H3. The molecule has 0 unspecified atom stereocenters. The Morgan fingerprint density at radius 2 is 1.74 bits per heavy atom. The smallest absolute Gasteiger partial charge is 0.247 e. The molecule has 0 radical (unpaired) electrons. The van der Waals surface area contributed by atoms with Crippen LogP contribution in [0, 0.1) is 6.92 Å². The Labute approximate surface area is 189 Å². The van der Waals surface area contributed by atoms with Gasteiger partial charge in [-0.2, -0.15) is 5.10 Å². The zero-order chi connectivity index (χ0) is 21.5. The Hall–Kier alpha value is -3.15. The molecule has 5 rings (SSSR count). The summed E-state index contributed by atoms with van der Waals surface area (Å²) in [5.74, 6) is -0.0331. The molecule has 3 heterocycles. The lowest BCUT2D eigenvalue weighted by atomic mass is 10.0. The largest absolute Gasteiger partial charge is 0.298 e. The van der Waals surface area contributed by atoms with Crippen LogP contribution in [-0.4, -0.2) is 21.0 Å². The fourth-order valence-electron chi connectivity index (χ4n) is 3.86. The van der Waals surface area contributed by atoms with Gasteiger partial charge in [0.25, 0.3) is 0 Å². The van der Waals surface area contributed by atoms with Crippen LogP contribution in [-0.2, 0) is 4.79 Å². The highest BCUT2D eigenvalue weighted by molar-refractivity contribution is 6.43. The summed E-state index contributed by atoms with van der Waals surface area (Å²) < 4.78 is 1.98. The Morgan fingerprint density at radius 3 is 2.58 bits per heavy atom. The molecule has 4 aromatic rings. The van der Waals surface area contributed by atoms with Crippen LogP contribution < -0.4 is 5.01 Å². The van der Waals surface area contributed by atoms with Crippen molar-refractivity contribution in [1.29, 1.82) is 0 Å². The summed E-state index contributed by atoms with van der Waals surface area (Å²) >= 11 is 12.8. The van der Waals surface area contributed by atoms with Gasteiger partial charge < -0.3 is 0 Å². The van der Waals surface area contributed by atoms with Crippen LogP contribution >= 0.6 is 23.2 Å². The molecule has 7 heteroatoms. The van der Waals surface area contributed by atoms with Crippen LogP contribution in [0.15, 0.2) is 72.0 Å². The minimum atomic E-state index is -0.0331. The minimum absolute atomic E-state index is 0.0331. The number of carbonyl (C=O) groups is 1. The molecule has 0 bridgehead atoms. The van der Waals surface area contributed by atoms with Gasteiger partial charge in [0.15, 0.2) is 0 Å². The number of imidazole rings is 1. The van der Waals surface area contributed by atoms with Gasteiger partial charge in [0, 0.05) is 24.6 Å². The molecule has 1 amide bonds. The number of aryl methyl sites for hydroxylation is 1. The van der Waals surface area contributed by atoms with Crippen molar-refractivity contribution < 1.29 is 4.79 Å². The monoisotopic (exact) mass is 448 g/mol. The number of hydrazone groups is 1. The molecule has 0 spiro atoms. The number of halogens is 2. The SMILES string of the molecule is Cc1ccccc1N1N=C(c2c(-c3cccc(Cl)c3Cl)nc3ccccn23)CCC1=O. The highest BCUT2D eigenvalue weighted by Gasteiger charge is 2.28. The maximum Gasteiger partial charge on any atom is 0.247 e. The van der Waals surface area contributed by atoms with E-state index in [-0.39, 0.29) is 5.91 Å². The molecule has 154 valence electrons. The number of nitrogens with zero attached hydrogens (tertiary/aromatic N) is 4. The van der Waals surface area contributed by atoms with Crippen molar-refractivity contribution in [3.05, 3.63) is 88.2 Å². The lowest BCUT2D eigenvalue weighted by molar-refractivity contribution is -0.118. The number of fused-ring (bicyclic) bond motifs is 1. The summed E-state index contributed by atoms with van der Waals surface area (Å²) in [6, 6.07) is 19.0. The number of hydrogen-bond acceptors (Lipinski definition) is 3. The van der Waals surface area contributed by atoms with Gasteiger partial charge in [-0.15, -0.1) is 0 Å². The first-order valence-electron chi connectivity index (χ1n) is 9.92. The number of carbonyl (C=O) groups excluding carboxylic acids is 1. The molecule has 0 fully saturated rings. The topological polar surface area (TPSA) is 50.0 Å². The summed E-state index contributed by atoms with van der Waals surface area (Å²) in [6.45, 7) is 1.97. The van der Waals surface area contributed by atoms with Crippen LogP contribution in [0.5, 0.6) is 0 Å². The highest BCUT2D eigenvalue weighted by Crippen LogP contribution is 2.36. The maximum atomic E-state index is 12.7. The molecule has 2 aromatic carbocycles. The van der Waals surface area contributed by atoms with Gasteiger partial charge in [0.2, 0.25) is 5.91 Å². The maximum absolute atomic E-state index is 12.7. The van der Waals surface area contributed by atoms with Crippen molar-refractivity contribution in [2.75, 3.05) is 5.01 Å². The van der Waals surface area contributed by atoms with E-state index in [1.54, 1.807) is 6.07 Å². The van der Waals surface area contributed by atoms with Crippen molar-refractivity contribution in [2.45, 2.75) is 19.8 Å². The summed E-state index contributed by atoms with van der Waals surface area (Å²) in [5, 5.41) is 7.19. The molecule has 0 aliphatic carbocycles. The van der Waals surface area contributed by atoms with Crippen LogP contribution in [0.3, 0.4) is 0 Å². The summed E-state index contributed by atoms with van der Waals surface area (Å²) in [7, 11) is 0. The van der Waals surface area contributed by atoms with Crippen LogP contribution in [0.4, 0.5) is 5.69 Å². The lowest BCUT2D eigenvalue weighted by Gasteiger charge is -2.25. The third-order valence-corrected chi connectivity index (χ3v) is 6.21. The van der Waals surface area contributed by atoms with E-state index in [1.165, 1.54) is 5.01 Å². The number of benzene rings is 2. The van der Waals surface area contributed by atoms with Gasteiger partial charge in [-0.25, -0.2) is 9.99 Å². The number of para-hydroxylation sites is 1. The molecule has 31 heavy (non-hydrogen) atoms. The second kappa shape index (κ2) is 7.84. The predicted octanol–water partition coefficient (Wildman–Crippen LogP) is 6.15. The fourth-order valence-corrected chi connectivity index (χ4v) is 4.25. The first kappa shape index (κ1) is 19.8. The number of hydrogen-bond donors (Lipinski definition) is 0. The lowest BCUT2D eigenvalue weighted by Crippen LogP contribution is -2.32. The molecular weight excluding hydrogens is 431 g/mol. The van der Waals surface area contributed by atoms with E-state index < -0.39 is 0 Å². The Balaban J connectivity index is 1.75. The quantitative estimate of drug-likeness (QED) is 0.377. The van der Waals surface area contributed by atoms with Gasteiger partial charge in [-0.3, -0.25) is 9.20 Å². The number of rotatable bonds is 3. The molecule has 1 aliphatic rings. The average Bonchev–Trinajstić information content (AvgIpc) is 3.16. The average molecular weight is 449 g/mol. The second-order valence-electron chi connectivity index (χ2n) is 7.38. The Bertz CT molecular complexity index is 1360. The van der Waals surface area contributed by atoms with Crippen LogP contribution in [0.2, 0.25) is 10.0 Å². The van der Waals surface area contributed by atoms with Gasteiger partial charge in [-0.1, -0.05) is 59.6 Å². The molecule has 0 saturated carbocycles. The number of amides is 1. The van der Waals surface area contributed by atoms with E-state index in [9.17, 15) is 4.79 Å². The van der Waals surface area contributed by atoms with Crippen LogP contribution in [0.25, 0.3) is 16.9 Å². The van der Waals surface area contributed by atoms with Gasteiger partial charge in [-0.05, 0) is 36.8 Å². The van der Waals surface area contributed by atoms with Gasteiger partial charge in [0.05, 0.1) is 27.1 Å². The van der Waals surface area contributed by atoms with Crippen molar-refractivity contribution >= 4 is 46.2 Å². The third kappa shape index (κ3) is 3.40. The van der Waals surface area contributed by atoms with Crippen molar-refractivity contribution in [2.24, 2.45) is 5.10 Å². The molecule has 1 aliphatic heterocycles. The molecule has 2 aromatic heterocycles. The minimum Gasteiger partial charge on any atom is -0.298 e. The van der Waals surface area contributed by atoms with Crippen molar-refractivity contribution in [3.8, 4) is 11.3 Å². The van der Waals surface area contributed by atoms with Crippen molar-refractivity contribution in [1.82, 2.24) is 9.38 Å². The zero-order valence-corrected chi connectivity index (χ0v) is 18.2. The summed E-state index contributed by atoms with van der Waals surface area (Å²) in [5.41, 5.74) is 5.54. The molecule has 0 atom stereocenters. The first-order valence-corrected chi connectivity index (χ1v) is 10.7. The molecule has 0 saturated heterocycles. The summed E-state index contributed by atoms with van der Waals surface area (Å²) in [6.07, 6.45) is 2.81. The highest BCUT2D eigenvalue weighted by atomic mass is 35.5.